The fourth-order valence-electron chi connectivity index (χ4n) is 4.09. The van der Waals surface area contributed by atoms with E-state index in [0.29, 0.717) is 17.7 Å². The molecule has 3 amide bonds. The Hall–Kier alpha value is -3.88. The van der Waals surface area contributed by atoms with Crippen molar-refractivity contribution in [2.75, 3.05) is 18.6 Å². The number of nitrogens with one attached hydrogen (secondary N) is 1. The summed E-state index contributed by atoms with van der Waals surface area (Å²) in [4.78, 5) is 55.3. The Morgan fingerprint density at radius 2 is 1.68 bits per heavy atom. The number of rotatable bonds is 7. The fraction of sp³-hybridized carbons (Fsp3) is 0.429. The van der Waals surface area contributed by atoms with Gasteiger partial charge in [-0.3, -0.25) is 19.4 Å². The SMILES string of the molecule is CCOC(=O)C1Cc2ccccc2N1C(=O)C(NC(=O)C(C)N(C)C(=O)OC(C)(C)C)c1ccccc1. The second kappa shape index (κ2) is 11.5. The van der Waals surface area contributed by atoms with Crippen LogP contribution in [0.3, 0.4) is 0 Å². The molecule has 0 aliphatic carbocycles. The third-order valence-electron chi connectivity index (χ3n) is 6.08. The molecular formula is C28H35N3O6. The molecule has 0 fully saturated rings. The summed E-state index contributed by atoms with van der Waals surface area (Å²) in [5.41, 5.74) is 1.25. The van der Waals surface area contributed by atoms with Crippen molar-refractivity contribution in [3.8, 4) is 0 Å². The standard InChI is InChI=1S/C28H35N3O6/c1-7-36-26(34)22-17-20-15-11-12-16-21(20)31(22)25(33)23(19-13-9-8-10-14-19)29-24(32)18(2)30(6)27(35)37-28(3,4)5/h8-16,18,22-23H,7,17H2,1-6H3,(H,29,32). The molecule has 3 atom stereocenters. The molecule has 9 nitrogen and oxygen atoms in total. The number of likely N-dealkylation sites (N-methyl/N-ethyl adjacent to an activating group) is 1. The van der Waals surface area contributed by atoms with Crippen molar-refractivity contribution in [3.05, 3.63) is 65.7 Å². The average Bonchev–Trinajstić information content (AvgIpc) is 3.25. The van der Waals surface area contributed by atoms with Gasteiger partial charge in [-0.1, -0.05) is 48.5 Å². The normalized spacial score (nSPS) is 16.3. The van der Waals surface area contributed by atoms with Crippen molar-refractivity contribution in [2.24, 2.45) is 0 Å². The summed E-state index contributed by atoms with van der Waals surface area (Å²) in [6.45, 7) is 8.66. The smallest absolute Gasteiger partial charge is 0.410 e. The van der Waals surface area contributed by atoms with Gasteiger partial charge in [-0.15, -0.1) is 0 Å². The van der Waals surface area contributed by atoms with Crippen LogP contribution in [0.5, 0.6) is 0 Å². The zero-order valence-electron chi connectivity index (χ0n) is 22.2. The van der Waals surface area contributed by atoms with Crippen LogP contribution >= 0.6 is 0 Å². The lowest BCUT2D eigenvalue weighted by Gasteiger charge is -2.31. The molecule has 2 aromatic carbocycles. The summed E-state index contributed by atoms with van der Waals surface area (Å²) in [5.74, 6) is -1.53. The average molecular weight is 510 g/mol. The molecule has 0 spiro atoms. The van der Waals surface area contributed by atoms with Gasteiger partial charge >= 0.3 is 12.1 Å². The van der Waals surface area contributed by atoms with Crippen LogP contribution in [-0.4, -0.2) is 60.1 Å². The van der Waals surface area contributed by atoms with E-state index in [9.17, 15) is 19.2 Å². The van der Waals surface area contributed by atoms with E-state index in [4.69, 9.17) is 9.47 Å². The van der Waals surface area contributed by atoms with E-state index in [2.05, 4.69) is 5.32 Å². The number of hydrogen-bond donors (Lipinski definition) is 1. The number of benzene rings is 2. The molecule has 0 aromatic heterocycles. The van der Waals surface area contributed by atoms with Gasteiger partial charge in [-0.25, -0.2) is 9.59 Å². The number of anilines is 1. The highest BCUT2D eigenvalue weighted by molar-refractivity contribution is 6.06. The quantitative estimate of drug-likeness (QED) is 0.572. The first-order chi connectivity index (χ1) is 17.4. The summed E-state index contributed by atoms with van der Waals surface area (Å²) in [7, 11) is 1.46. The predicted molar refractivity (Wildman–Crippen MR) is 139 cm³/mol. The lowest BCUT2D eigenvalue weighted by molar-refractivity contribution is -0.145. The maximum Gasteiger partial charge on any atom is 0.410 e. The minimum Gasteiger partial charge on any atom is -0.464 e. The molecule has 1 aliphatic rings. The van der Waals surface area contributed by atoms with E-state index in [1.165, 1.54) is 16.8 Å². The highest BCUT2D eigenvalue weighted by Gasteiger charge is 2.42. The highest BCUT2D eigenvalue weighted by atomic mass is 16.6. The first-order valence-electron chi connectivity index (χ1n) is 12.3. The molecule has 2 aromatic rings. The van der Waals surface area contributed by atoms with Crippen LogP contribution in [0.15, 0.2) is 54.6 Å². The molecule has 1 aliphatic heterocycles. The van der Waals surface area contributed by atoms with Gasteiger partial charge in [-0.2, -0.15) is 0 Å². The van der Waals surface area contributed by atoms with Gasteiger partial charge in [0, 0.05) is 19.2 Å². The highest BCUT2D eigenvalue weighted by Crippen LogP contribution is 2.35. The van der Waals surface area contributed by atoms with Crippen LogP contribution in [-0.2, 0) is 30.3 Å². The van der Waals surface area contributed by atoms with Gasteiger partial charge in [0.05, 0.1) is 6.61 Å². The van der Waals surface area contributed by atoms with Gasteiger partial charge < -0.3 is 14.8 Å². The topological polar surface area (TPSA) is 105 Å². The number of para-hydroxylation sites is 1. The van der Waals surface area contributed by atoms with Crippen molar-refractivity contribution in [1.82, 2.24) is 10.2 Å². The second-order valence-electron chi connectivity index (χ2n) is 9.93. The minimum absolute atomic E-state index is 0.182. The van der Waals surface area contributed by atoms with Gasteiger partial charge in [-0.05, 0) is 51.8 Å². The number of hydrogen-bond acceptors (Lipinski definition) is 6. The Labute approximate surface area is 217 Å². The number of esters is 1. The largest absolute Gasteiger partial charge is 0.464 e. The van der Waals surface area contributed by atoms with Crippen LogP contribution in [0.2, 0.25) is 0 Å². The summed E-state index contributed by atoms with van der Waals surface area (Å²) in [5, 5.41) is 2.80. The Morgan fingerprint density at radius 1 is 1.05 bits per heavy atom. The monoisotopic (exact) mass is 509 g/mol. The summed E-state index contributed by atoms with van der Waals surface area (Å²) >= 11 is 0. The molecule has 0 saturated carbocycles. The van der Waals surface area contributed by atoms with Crippen molar-refractivity contribution in [1.29, 1.82) is 0 Å². The first-order valence-corrected chi connectivity index (χ1v) is 12.3. The Morgan fingerprint density at radius 3 is 2.30 bits per heavy atom. The summed E-state index contributed by atoms with van der Waals surface area (Å²) in [6.07, 6.45) is -0.345. The number of fused-ring (bicyclic) bond motifs is 1. The Kier molecular flexibility index (Phi) is 8.57. The van der Waals surface area contributed by atoms with Crippen LogP contribution in [0.4, 0.5) is 10.5 Å². The van der Waals surface area contributed by atoms with Crippen molar-refractivity contribution in [3.63, 3.8) is 0 Å². The van der Waals surface area contributed by atoms with Crippen LogP contribution in [0.25, 0.3) is 0 Å². The van der Waals surface area contributed by atoms with Gasteiger partial charge in [0.25, 0.3) is 5.91 Å². The molecule has 37 heavy (non-hydrogen) atoms. The summed E-state index contributed by atoms with van der Waals surface area (Å²) in [6, 6.07) is 13.2. The van der Waals surface area contributed by atoms with Crippen LogP contribution in [0.1, 0.15) is 51.8 Å². The molecule has 0 saturated heterocycles. The summed E-state index contributed by atoms with van der Waals surface area (Å²) < 4.78 is 10.6. The first kappa shape index (κ1) is 27.7. The maximum atomic E-state index is 14.1. The molecular weight excluding hydrogens is 474 g/mol. The van der Waals surface area contributed by atoms with E-state index >= 15 is 0 Å². The number of carbonyl (C=O) groups excluding carboxylic acids is 4. The number of amides is 3. The molecule has 198 valence electrons. The second-order valence-corrected chi connectivity index (χ2v) is 9.93. The predicted octanol–water partition coefficient (Wildman–Crippen LogP) is 3.62. The van der Waals surface area contributed by atoms with Crippen molar-refractivity contribution in [2.45, 2.75) is 64.8 Å². The van der Waals surface area contributed by atoms with E-state index in [0.717, 1.165) is 5.56 Å². The van der Waals surface area contributed by atoms with Crippen molar-refractivity contribution < 1.29 is 28.7 Å². The Bertz CT molecular complexity index is 1140. The van der Waals surface area contributed by atoms with Crippen LogP contribution < -0.4 is 10.2 Å². The minimum atomic E-state index is -1.11. The Balaban J connectivity index is 1.92. The zero-order chi connectivity index (χ0) is 27.3. The van der Waals surface area contributed by atoms with Gasteiger partial charge in [0.2, 0.25) is 5.91 Å². The third kappa shape index (κ3) is 6.47. The lowest BCUT2D eigenvalue weighted by Crippen LogP contribution is -2.53. The van der Waals surface area contributed by atoms with Crippen LogP contribution in [0, 0.1) is 0 Å². The van der Waals surface area contributed by atoms with E-state index in [1.54, 1.807) is 77.1 Å². The molecule has 3 unspecified atom stereocenters. The van der Waals surface area contributed by atoms with Crippen molar-refractivity contribution >= 4 is 29.6 Å². The number of ether oxygens (including phenoxy) is 2. The third-order valence-corrected chi connectivity index (χ3v) is 6.08. The number of nitrogens with zero attached hydrogens (tertiary/aromatic N) is 2. The molecule has 1 heterocycles. The maximum absolute atomic E-state index is 14.1. The molecule has 0 bridgehead atoms. The molecule has 3 rings (SSSR count). The van der Waals surface area contributed by atoms with E-state index < -0.39 is 47.6 Å². The molecule has 0 radical (unpaired) electrons. The van der Waals surface area contributed by atoms with E-state index in [1.807, 2.05) is 12.1 Å². The fourth-order valence-corrected chi connectivity index (χ4v) is 4.09. The lowest BCUT2D eigenvalue weighted by atomic mass is 10.0. The van der Waals surface area contributed by atoms with E-state index in [-0.39, 0.29) is 6.61 Å². The molecule has 1 N–H and O–H groups in total. The van der Waals surface area contributed by atoms with Gasteiger partial charge in [0.15, 0.2) is 0 Å². The molecule has 9 heteroatoms. The zero-order valence-corrected chi connectivity index (χ0v) is 22.2. The number of carbonyl (C=O) groups is 4. The van der Waals surface area contributed by atoms with Gasteiger partial charge in [0.1, 0.15) is 23.7 Å².